The Morgan fingerprint density at radius 2 is 2.00 bits per heavy atom. The van der Waals surface area contributed by atoms with Crippen molar-refractivity contribution in [1.29, 1.82) is 0 Å². The molecule has 0 atom stereocenters. The van der Waals surface area contributed by atoms with E-state index in [0.29, 0.717) is 10.9 Å². The van der Waals surface area contributed by atoms with Crippen molar-refractivity contribution in [3.63, 3.8) is 0 Å². The highest BCUT2D eigenvalue weighted by molar-refractivity contribution is 7.18. The quantitative estimate of drug-likeness (QED) is 0.739. The van der Waals surface area contributed by atoms with Gasteiger partial charge in [0.2, 0.25) is 0 Å². The predicted octanol–water partition coefficient (Wildman–Crippen LogP) is 4.60. The summed E-state index contributed by atoms with van der Waals surface area (Å²) in [4.78, 5) is 22.1. The van der Waals surface area contributed by atoms with Gasteiger partial charge in [0.25, 0.3) is 5.56 Å². The summed E-state index contributed by atoms with van der Waals surface area (Å²) in [5, 5.41) is 1.21. The largest absolute Gasteiger partial charge is 0.305 e. The Kier molecular flexibility index (Phi) is 3.79. The SMILES string of the molecule is O=c1[nH]c(/C(Cl)=C/c2ccccc2)nc2sc3c(c12)CCCC3. The van der Waals surface area contributed by atoms with Gasteiger partial charge in [0.05, 0.1) is 10.4 Å². The molecule has 1 aliphatic carbocycles. The number of fused-ring (bicyclic) bond motifs is 3. The number of benzene rings is 1. The van der Waals surface area contributed by atoms with E-state index < -0.39 is 0 Å². The molecule has 0 radical (unpaired) electrons. The molecule has 0 spiro atoms. The molecule has 1 aromatic carbocycles. The highest BCUT2D eigenvalue weighted by Gasteiger charge is 2.20. The van der Waals surface area contributed by atoms with Crippen LogP contribution in [-0.4, -0.2) is 9.97 Å². The number of nitrogens with one attached hydrogen (secondary N) is 1. The third-order valence-corrected chi connectivity index (χ3v) is 5.62. The van der Waals surface area contributed by atoms with Crippen LogP contribution in [0.3, 0.4) is 0 Å². The van der Waals surface area contributed by atoms with Crippen LogP contribution in [0.15, 0.2) is 35.1 Å². The molecule has 3 aromatic rings. The Bertz CT molecular complexity index is 956. The van der Waals surface area contributed by atoms with Gasteiger partial charge < -0.3 is 4.98 Å². The van der Waals surface area contributed by atoms with Gasteiger partial charge in [-0.3, -0.25) is 4.79 Å². The zero-order chi connectivity index (χ0) is 15.8. The van der Waals surface area contributed by atoms with Gasteiger partial charge in [0.1, 0.15) is 4.83 Å². The molecule has 116 valence electrons. The molecule has 0 saturated carbocycles. The molecule has 0 unspecified atom stereocenters. The minimum Gasteiger partial charge on any atom is -0.305 e. The van der Waals surface area contributed by atoms with E-state index in [2.05, 4.69) is 9.97 Å². The standard InChI is InChI=1S/C18H15ClN2OS/c19-13(10-11-6-2-1-3-7-11)16-20-17(22)15-12-8-4-5-9-14(12)23-18(15)21-16/h1-3,6-7,10H,4-5,8-9H2,(H,20,21,22)/b13-10-. The molecule has 0 saturated heterocycles. The highest BCUT2D eigenvalue weighted by Crippen LogP contribution is 2.34. The molecule has 2 aromatic heterocycles. The molecule has 1 N–H and O–H groups in total. The molecule has 3 nitrogen and oxygen atoms in total. The average molecular weight is 343 g/mol. The van der Waals surface area contributed by atoms with E-state index in [4.69, 9.17) is 11.6 Å². The number of rotatable bonds is 2. The van der Waals surface area contributed by atoms with Gasteiger partial charge in [-0.2, -0.15) is 0 Å². The Balaban J connectivity index is 1.83. The summed E-state index contributed by atoms with van der Waals surface area (Å²) >= 11 is 8.01. The monoisotopic (exact) mass is 342 g/mol. The van der Waals surface area contributed by atoms with Gasteiger partial charge in [0.15, 0.2) is 5.82 Å². The van der Waals surface area contributed by atoms with Gasteiger partial charge in [-0.25, -0.2) is 4.98 Å². The van der Waals surface area contributed by atoms with E-state index >= 15 is 0 Å². The van der Waals surface area contributed by atoms with Crippen LogP contribution in [0.25, 0.3) is 21.3 Å². The lowest BCUT2D eigenvalue weighted by Gasteiger charge is -2.09. The summed E-state index contributed by atoms with van der Waals surface area (Å²) in [6.45, 7) is 0. The van der Waals surface area contributed by atoms with Crippen LogP contribution in [0.5, 0.6) is 0 Å². The number of aromatic nitrogens is 2. The number of nitrogens with zero attached hydrogens (tertiary/aromatic N) is 1. The maximum Gasteiger partial charge on any atom is 0.260 e. The van der Waals surface area contributed by atoms with Crippen LogP contribution in [0, 0.1) is 0 Å². The predicted molar refractivity (Wildman–Crippen MR) is 97.0 cm³/mol. The first-order valence-corrected chi connectivity index (χ1v) is 8.89. The number of thiophene rings is 1. The average Bonchev–Trinajstić information content (AvgIpc) is 2.94. The van der Waals surface area contributed by atoms with Crippen molar-refractivity contribution in [3.05, 3.63) is 62.5 Å². The van der Waals surface area contributed by atoms with E-state index in [-0.39, 0.29) is 5.56 Å². The normalized spacial score (nSPS) is 14.9. The van der Waals surface area contributed by atoms with Crippen molar-refractivity contribution in [3.8, 4) is 0 Å². The maximum absolute atomic E-state index is 12.5. The van der Waals surface area contributed by atoms with Crippen LogP contribution in [0.2, 0.25) is 0 Å². The molecule has 5 heteroatoms. The summed E-state index contributed by atoms with van der Waals surface area (Å²) in [6, 6.07) is 9.77. The second-order valence-corrected chi connectivity index (χ2v) is 7.20. The number of aromatic amines is 1. The van der Waals surface area contributed by atoms with Crippen LogP contribution in [-0.2, 0) is 12.8 Å². The summed E-state index contributed by atoms with van der Waals surface area (Å²) in [5.41, 5.74) is 2.09. The smallest absolute Gasteiger partial charge is 0.260 e. The minimum atomic E-state index is -0.0796. The van der Waals surface area contributed by atoms with E-state index in [0.717, 1.165) is 35.0 Å². The fourth-order valence-corrected chi connectivity index (χ4v) is 4.52. The topological polar surface area (TPSA) is 45.8 Å². The Morgan fingerprint density at radius 3 is 2.83 bits per heavy atom. The molecule has 0 amide bonds. The number of halogens is 1. The van der Waals surface area contributed by atoms with E-state index in [9.17, 15) is 4.79 Å². The van der Waals surface area contributed by atoms with Gasteiger partial charge in [-0.1, -0.05) is 41.9 Å². The number of hydrogen-bond acceptors (Lipinski definition) is 3. The van der Waals surface area contributed by atoms with Crippen LogP contribution < -0.4 is 5.56 Å². The first-order valence-electron chi connectivity index (χ1n) is 7.69. The zero-order valence-electron chi connectivity index (χ0n) is 12.4. The lowest BCUT2D eigenvalue weighted by atomic mass is 9.97. The summed E-state index contributed by atoms with van der Waals surface area (Å²) < 4.78 is 0. The molecule has 23 heavy (non-hydrogen) atoms. The number of hydrogen-bond donors (Lipinski definition) is 1. The molecular formula is C18H15ClN2OS. The number of H-pyrrole nitrogens is 1. The van der Waals surface area contributed by atoms with Crippen molar-refractivity contribution in [2.45, 2.75) is 25.7 Å². The Morgan fingerprint density at radius 1 is 1.22 bits per heavy atom. The number of aryl methyl sites for hydroxylation is 2. The molecule has 2 heterocycles. The van der Waals surface area contributed by atoms with Gasteiger partial charge in [0, 0.05) is 4.88 Å². The molecule has 0 aliphatic heterocycles. The van der Waals surface area contributed by atoms with Gasteiger partial charge in [-0.15, -0.1) is 11.3 Å². The molecule has 1 aliphatic rings. The first-order chi connectivity index (χ1) is 11.2. The maximum atomic E-state index is 12.5. The Labute approximate surface area is 142 Å². The van der Waals surface area contributed by atoms with Crippen LogP contribution in [0.1, 0.15) is 34.7 Å². The first kappa shape index (κ1) is 14.7. The fraction of sp³-hybridized carbons (Fsp3) is 0.222. The minimum absolute atomic E-state index is 0.0796. The van der Waals surface area contributed by atoms with E-state index in [1.807, 2.05) is 36.4 Å². The van der Waals surface area contributed by atoms with Crippen molar-refractivity contribution in [2.75, 3.05) is 0 Å². The second kappa shape index (κ2) is 5.95. The van der Waals surface area contributed by atoms with Crippen LogP contribution >= 0.6 is 22.9 Å². The highest BCUT2D eigenvalue weighted by atomic mass is 35.5. The van der Waals surface area contributed by atoms with Crippen LogP contribution in [0.4, 0.5) is 0 Å². The summed E-state index contributed by atoms with van der Waals surface area (Å²) in [5.74, 6) is 0.437. The van der Waals surface area contributed by atoms with Crippen molar-refractivity contribution in [2.24, 2.45) is 0 Å². The lowest BCUT2D eigenvalue weighted by molar-refractivity contribution is 0.700. The fourth-order valence-electron chi connectivity index (χ4n) is 3.04. The Hall–Kier alpha value is -1.91. The van der Waals surface area contributed by atoms with Crippen molar-refractivity contribution < 1.29 is 0 Å². The van der Waals surface area contributed by atoms with Crippen molar-refractivity contribution >= 4 is 44.3 Å². The molecule has 0 bridgehead atoms. The third kappa shape index (κ3) is 2.73. The second-order valence-electron chi connectivity index (χ2n) is 5.71. The van der Waals surface area contributed by atoms with Gasteiger partial charge in [-0.05, 0) is 42.9 Å². The zero-order valence-corrected chi connectivity index (χ0v) is 14.0. The van der Waals surface area contributed by atoms with E-state index in [1.165, 1.54) is 16.9 Å². The summed E-state index contributed by atoms with van der Waals surface area (Å²) in [6.07, 6.45) is 6.19. The third-order valence-electron chi connectivity index (χ3n) is 4.14. The molecular weight excluding hydrogens is 328 g/mol. The molecule has 0 fully saturated rings. The lowest BCUT2D eigenvalue weighted by Crippen LogP contribution is -2.12. The van der Waals surface area contributed by atoms with E-state index in [1.54, 1.807) is 11.3 Å². The molecule has 4 rings (SSSR count). The van der Waals surface area contributed by atoms with Gasteiger partial charge >= 0.3 is 0 Å². The van der Waals surface area contributed by atoms with Crippen molar-refractivity contribution in [1.82, 2.24) is 9.97 Å². The summed E-state index contributed by atoms with van der Waals surface area (Å²) in [7, 11) is 0.